The van der Waals surface area contributed by atoms with Crippen LogP contribution in [0.15, 0.2) is 262 Å². The number of thiocarbonyl (C=S) groups is 3. The summed E-state index contributed by atoms with van der Waals surface area (Å²) in [4.78, 5) is 164. The molecule has 0 aliphatic carbocycles. The highest BCUT2D eigenvalue weighted by Gasteiger charge is 2.24. The van der Waals surface area contributed by atoms with Crippen LogP contribution in [0, 0.1) is 0 Å². The van der Waals surface area contributed by atoms with Crippen LogP contribution in [0.5, 0.6) is 0 Å². The first-order chi connectivity index (χ1) is 72.4. The number of carbonyl (C=O) groups excluding carboxylic acids is 12. The molecule has 13 heterocycles. The Balaban J connectivity index is 0.000000142. The number of H-pyrrole nitrogens is 1. The first kappa shape index (κ1) is 111. The molecule has 35 heteroatoms. The topological polar surface area (TPSA) is 416 Å². The van der Waals surface area contributed by atoms with Crippen LogP contribution < -0.4 is 32.6 Å². The lowest BCUT2D eigenvalue weighted by atomic mass is 10.1. The van der Waals surface area contributed by atoms with E-state index in [9.17, 15) is 62.3 Å². The molecule has 0 atom stereocenters. The molecule has 0 unspecified atom stereocenters. The van der Waals surface area contributed by atoms with E-state index in [1.807, 2.05) is 236 Å². The highest BCUT2D eigenvalue weighted by Crippen LogP contribution is 2.37. The number of thiazole rings is 4. The Labute approximate surface area is 894 Å². The molecule has 0 saturated heterocycles. The second-order valence-corrected chi connectivity index (χ2v) is 39.6. The molecule has 0 bridgehead atoms. The normalized spacial score (nSPS) is 11.4. The number of amides is 3. The lowest BCUT2D eigenvalue weighted by molar-refractivity contribution is -0.115. The average molecular weight is 2140 g/mol. The third kappa shape index (κ3) is 32.4. The molecule has 3 amide bonds. The maximum absolute atomic E-state index is 11.5. The minimum absolute atomic E-state index is 0.00707. The number of hydrogen-bond donors (Lipinski definition) is 6. The molecule has 17 aromatic rings. The van der Waals surface area contributed by atoms with Crippen molar-refractivity contribution in [1.82, 2.24) is 35.6 Å². The summed E-state index contributed by atoms with van der Waals surface area (Å²) in [6, 6.07) is 69.0. The largest absolute Gasteiger partial charge is 0.461 e. The number of rotatable bonds is 36. The van der Waals surface area contributed by atoms with Crippen molar-refractivity contribution < 1.29 is 75.2 Å². The second-order valence-electron chi connectivity index (χ2n) is 33.6. The van der Waals surface area contributed by atoms with Gasteiger partial charge in [-0.25, -0.2) is 19.9 Å². The molecule has 27 nitrogen and oxygen atoms in total. The van der Waals surface area contributed by atoms with Gasteiger partial charge in [0.1, 0.15) is 126 Å². The van der Waals surface area contributed by atoms with Gasteiger partial charge in [0, 0.05) is 196 Å². The van der Waals surface area contributed by atoms with Gasteiger partial charge in [-0.15, -0.1) is 56.7 Å². The van der Waals surface area contributed by atoms with Crippen molar-refractivity contribution in [2.24, 2.45) is 5.73 Å². The van der Waals surface area contributed by atoms with Crippen LogP contribution in [0.1, 0.15) is 164 Å². The summed E-state index contributed by atoms with van der Waals surface area (Å²) in [5.74, 6) is 6.59. The lowest BCUT2D eigenvalue weighted by Crippen LogP contribution is -2.16. The molecule has 0 fully saturated rings. The zero-order valence-electron chi connectivity index (χ0n) is 81.2. The SMILES string of the molecule is CC(=O)c1ccc(-c2ccc(CCC=O)o2)s1.CC(=S)c1ccc(-c2ccc(CCC=O)o2)cc1.CNC(=S)c1ccc(-c2ccc(CCC=O)o2)cc1.NC(=S)c1ccc(-c2ccc(CCC=O)o2)cc1.O=CCCc1csc(-c2ccc3[nH]c(=O)ccc3c2)n1.O=CCCc1csc(-c2ccc3c(c2)CC(=O)N3)n1.O=CCCc1csc(-c2ccc3c(c2)CNC3=O)n1.O=CCCc1csc(-c2ccc3c(c2)NC(=O)C3)n1. The first-order valence-corrected chi connectivity index (χ1v) is 53.0. The number of nitrogens with zero attached hydrogens (tertiary/aromatic N) is 4. The number of aromatic amines is 1. The van der Waals surface area contributed by atoms with Crippen LogP contribution in [0.4, 0.5) is 11.4 Å². The maximum atomic E-state index is 11.5. The summed E-state index contributed by atoms with van der Waals surface area (Å²) in [7, 11) is 1.81. The quantitative estimate of drug-likeness (QED) is 0.0121. The third-order valence-electron chi connectivity index (χ3n) is 22.8. The lowest BCUT2D eigenvalue weighted by Gasteiger charge is -2.03. The Hall–Kier alpha value is -15.6. The second kappa shape index (κ2) is 56.4. The number of aryl methyl sites for hydroxylation is 8. The molecular weight excluding hydrogens is 2040 g/mol. The smallest absolute Gasteiger partial charge is 0.251 e. The number of thiophene rings is 1. The number of Topliss-reactive ketones (excluding diaryl/α,β-unsaturated/α-hetero) is 1. The van der Waals surface area contributed by atoms with Crippen molar-refractivity contribution >= 4 is 204 Å². The molecule has 7 N–H and O–H groups in total. The summed E-state index contributed by atoms with van der Waals surface area (Å²) >= 11 is 22.9. The van der Waals surface area contributed by atoms with E-state index in [1.54, 1.807) is 64.4 Å². The van der Waals surface area contributed by atoms with E-state index in [2.05, 4.69) is 46.2 Å². The predicted molar refractivity (Wildman–Crippen MR) is 598 cm³/mol. The molecule has 0 spiro atoms. The Kier molecular flexibility index (Phi) is 41.8. The molecule has 10 aromatic heterocycles. The number of benzene rings is 7. The van der Waals surface area contributed by atoms with Gasteiger partial charge in [-0.3, -0.25) is 24.0 Å². The van der Waals surface area contributed by atoms with Crippen molar-refractivity contribution in [2.45, 2.75) is 136 Å². The first-order valence-electron chi connectivity index (χ1n) is 47.4. The van der Waals surface area contributed by atoms with Gasteiger partial charge in [-0.1, -0.05) is 128 Å². The molecule has 758 valence electrons. The van der Waals surface area contributed by atoms with Crippen molar-refractivity contribution in [2.75, 3.05) is 17.7 Å². The van der Waals surface area contributed by atoms with Crippen LogP contribution in [0.2, 0.25) is 0 Å². The highest BCUT2D eigenvalue weighted by molar-refractivity contribution is 7.81. The van der Waals surface area contributed by atoms with E-state index in [4.69, 9.17) is 60.1 Å². The zero-order chi connectivity index (χ0) is 106. The van der Waals surface area contributed by atoms with E-state index < -0.39 is 0 Å². The van der Waals surface area contributed by atoms with E-state index in [0.29, 0.717) is 127 Å². The maximum Gasteiger partial charge on any atom is 0.251 e. The molecule has 3 aliphatic heterocycles. The summed E-state index contributed by atoms with van der Waals surface area (Å²) in [5, 5.41) is 24.0. The number of nitrogens with one attached hydrogen (secondary N) is 5. The Bertz CT molecular complexity index is 7440. The minimum atomic E-state index is -0.101. The van der Waals surface area contributed by atoms with Crippen LogP contribution in [-0.4, -0.2) is 121 Å². The zero-order valence-corrected chi connectivity index (χ0v) is 87.8. The number of aldehydes is 8. The monoisotopic (exact) mass is 2140 g/mol. The van der Waals surface area contributed by atoms with Gasteiger partial charge in [0.05, 0.1) is 45.4 Å². The number of carbonyl (C=O) groups is 12. The van der Waals surface area contributed by atoms with Crippen molar-refractivity contribution in [3.05, 3.63) is 340 Å². The average Bonchev–Trinajstić information content (AvgIpc) is 1.25. The predicted octanol–water partition coefficient (Wildman–Crippen LogP) is 22.7. The molecule has 3 aliphatic rings. The summed E-state index contributed by atoms with van der Waals surface area (Å²) in [6.07, 6.45) is 17.3. The number of nitrogens with two attached hydrogens (primary N) is 1. The van der Waals surface area contributed by atoms with Gasteiger partial charge in [-0.05, 0) is 188 Å². The third-order valence-corrected chi connectivity index (χ3v) is 28.7. The Morgan fingerprint density at radius 2 is 0.772 bits per heavy atom. The fraction of sp³-hybridized carbons (Fsp3) is 0.193. The van der Waals surface area contributed by atoms with E-state index >= 15 is 0 Å². The number of hydrogen-bond acceptors (Lipinski definition) is 29. The van der Waals surface area contributed by atoms with Crippen molar-refractivity contribution in [3.8, 4) is 86.9 Å². The molecular formula is C114H102N10O17S8. The van der Waals surface area contributed by atoms with Crippen LogP contribution in [-0.2, 0) is 119 Å². The summed E-state index contributed by atoms with van der Waals surface area (Å²) in [5.41, 5.74) is 25.6. The van der Waals surface area contributed by atoms with Gasteiger partial charge in [0.15, 0.2) is 5.78 Å². The Morgan fingerprint density at radius 1 is 0.389 bits per heavy atom. The summed E-state index contributed by atoms with van der Waals surface area (Å²) < 4.78 is 22.6. The number of furan rings is 4. The highest BCUT2D eigenvalue weighted by atomic mass is 32.1. The fourth-order valence-electron chi connectivity index (χ4n) is 15.1. The number of pyridine rings is 1. The fourth-order valence-corrected chi connectivity index (χ4v) is 19.8. The molecule has 0 radical (unpaired) electrons. The number of aromatic nitrogens is 5. The van der Waals surface area contributed by atoms with Crippen molar-refractivity contribution in [3.63, 3.8) is 0 Å². The van der Waals surface area contributed by atoms with E-state index in [1.165, 1.54) is 17.4 Å². The molecule has 149 heavy (non-hydrogen) atoms. The minimum Gasteiger partial charge on any atom is -0.461 e. The van der Waals surface area contributed by atoms with Crippen LogP contribution >= 0.6 is 93.3 Å². The number of anilines is 2. The number of ketones is 1. The van der Waals surface area contributed by atoms with Crippen molar-refractivity contribution in [1.29, 1.82) is 0 Å². The number of fused-ring (bicyclic) bond motifs is 4. The van der Waals surface area contributed by atoms with Crippen LogP contribution in [0.25, 0.3) is 97.8 Å². The van der Waals surface area contributed by atoms with Gasteiger partial charge < -0.3 is 88.0 Å². The van der Waals surface area contributed by atoms with Gasteiger partial charge >= 0.3 is 0 Å². The Morgan fingerprint density at radius 3 is 1.21 bits per heavy atom. The van der Waals surface area contributed by atoms with Gasteiger partial charge in [0.25, 0.3) is 5.91 Å². The molecule has 20 rings (SSSR count). The van der Waals surface area contributed by atoms with E-state index in [0.717, 1.165) is 259 Å². The van der Waals surface area contributed by atoms with Gasteiger partial charge in [0.2, 0.25) is 17.4 Å². The van der Waals surface area contributed by atoms with E-state index in [-0.39, 0.29) is 29.1 Å². The standard InChI is InChI=1S/C15H12N2O2S.C15H15NO2S.C15H14O2S.3C14H12N2O2S.C14H13NO2S.C13H12O3S/c18-7-1-2-12-9-20-15(16-12)11-3-5-13-10(8-11)4-6-14(19)17-13;1-16-15(19)12-6-4-11(5-7-12)14-9-8-13(18-14)3-2-10-17;1-11(18)12-4-6-13(7-5-12)15-9-8-14(17-15)3-2-10-16;17-5-1-2-11-8-19-14(15-11)10-4-3-9-7-13(18)16-12(9)6-10;17-5-1-2-11-8-19-14(16-11)9-3-4-12-10(6-9)7-15-13(12)18;17-5-1-2-11-8-19-14(15-11)9-3-4-12-10(6-9)7-13(18)16-12;15-14(18)11-5-3-10(4-6-11)13-8-7-12(17-13)2-1-9-16;1-9(15)12-6-7-13(17-12)11-5-4-10(16-11)3-2-8-14/h3-9H,1-2H2,(H,17,19);4-10H,2-3H2,1H3,(H,16,19);4-10H,2-3H2,1H3;3-6,8H,1-2,7H2,(H,16,18);3-6,8H,1-2,7H2,(H,15,18);3-6,8H,1-2,7H2,(H,16,18);3-9H,1-2H2,(H2,15,18);4-8H,2-3H2,1H3. The molecule has 0 saturated carbocycles. The van der Waals surface area contributed by atoms with Crippen LogP contribution in [0.3, 0.4) is 0 Å². The van der Waals surface area contributed by atoms with Gasteiger partial charge in [-0.2, -0.15) is 0 Å². The summed E-state index contributed by atoms with van der Waals surface area (Å²) in [6.45, 7) is 4.05. The molecule has 7 aromatic carbocycles.